The first kappa shape index (κ1) is 21.3. The van der Waals surface area contributed by atoms with Crippen molar-refractivity contribution in [2.75, 3.05) is 39.9 Å². The lowest BCUT2D eigenvalue weighted by atomic mass is 10.1. The van der Waals surface area contributed by atoms with Gasteiger partial charge in [0.2, 0.25) is 0 Å². The molecule has 2 aliphatic heterocycles. The predicted molar refractivity (Wildman–Crippen MR) is 91.1 cm³/mol. The van der Waals surface area contributed by atoms with Gasteiger partial charge in [-0.1, -0.05) is 0 Å². The maximum absolute atomic E-state index is 12.6. The molecule has 3 heterocycles. The number of nitrogens with zero attached hydrogens (tertiary/aromatic N) is 2. The highest BCUT2D eigenvalue weighted by molar-refractivity contribution is 5.93. The molecule has 0 saturated carbocycles. The van der Waals surface area contributed by atoms with E-state index in [1.165, 1.54) is 6.20 Å². The second kappa shape index (κ2) is 11.0. The maximum atomic E-state index is 12.6. The molecule has 2 aliphatic rings. The maximum Gasteiger partial charge on any atom is 0.290 e. The number of hydrogen-bond acceptors (Lipinski definition) is 6. The van der Waals surface area contributed by atoms with E-state index in [4.69, 9.17) is 24.5 Å². The Hall–Kier alpha value is -2.72. The molecule has 0 aliphatic carbocycles. The summed E-state index contributed by atoms with van der Waals surface area (Å²) in [4.78, 5) is 47.6. The number of likely N-dealkylation sites (N-methyl/N-ethyl adjacent to an activating group) is 1. The normalized spacial score (nSPS) is 21.8. The van der Waals surface area contributed by atoms with E-state index in [0.717, 1.165) is 6.54 Å². The molecule has 0 aromatic carbocycles. The van der Waals surface area contributed by atoms with E-state index >= 15 is 0 Å². The van der Waals surface area contributed by atoms with Crippen LogP contribution in [0, 0.1) is 5.92 Å². The molecule has 1 aromatic rings. The van der Waals surface area contributed by atoms with E-state index in [1.807, 2.05) is 0 Å². The molecule has 10 nitrogen and oxygen atoms in total. The lowest BCUT2D eigenvalue weighted by molar-refractivity contribution is -0.123. The average Bonchev–Trinajstić information content (AvgIpc) is 2.84. The first-order valence-electron chi connectivity index (χ1n) is 7.89. The van der Waals surface area contributed by atoms with Crippen LogP contribution in [-0.2, 0) is 14.3 Å². The monoisotopic (exact) mass is 369 g/mol. The Morgan fingerprint density at radius 2 is 1.88 bits per heavy atom. The van der Waals surface area contributed by atoms with Crippen LogP contribution in [0.15, 0.2) is 23.1 Å². The van der Waals surface area contributed by atoms with Crippen LogP contribution in [0.25, 0.3) is 0 Å². The van der Waals surface area contributed by atoms with Crippen LogP contribution >= 0.6 is 0 Å². The van der Waals surface area contributed by atoms with Gasteiger partial charge in [-0.05, 0) is 19.2 Å². The number of hydrogen-bond donors (Lipinski definition) is 3. The molecule has 10 heteroatoms. The molecule has 0 spiro atoms. The van der Waals surface area contributed by atoms with Gasteiger partial charge in [-0.15, -0.1) is 0 Å². The molecule has 1 aromatic heterocycles. The predicted octanol–water partition coefficient (Wildman–Crippen LogP) is -0.821. The first-order valence-corrected chi connectivity index (χ1v) is 7.89. The number of aromatic nitrogens is 1. The third-order valence-electron chi connectivity index (χ3n) is 4.08. The van der Waals surface area contributed by atoms with Gasteiger partial charge in [0.25, 0.3) is 24.4 Å². The summed E-state index contributed by atoms with van der Waals surface area (Å²) in [5.41, 5.74) is -0.104. The van der Waals surface area contributed by atoms with Crippen LogP contribution in [0.4, 0.5) is 0 Å². The van der Waals surface area contributed by atoms with E-state index in [1.54, 1.807) is 17.0 Å². The molecule has 2 atom stereocenters. The van der Waals surface area contributed by atoms with Crippen molar-refractivity contribution in [3.63, 3.8) is 0 Å². The molecule has 3 N–H and O–H groups in total. The molecule has 2 bridgehead atoms. The summed E-state index contributed by atoms with van der Waals surface area (Å²) < 4.78 is 5.64. The lowest BCUT2D eigenvalue weighted by Crippen LogP contribution is -2.45. The van der Waals surface area contributed by atoms with Crippen molar-refractivity contribution in [3.05, 3.63) is 34.2 Å². The Bertz CT molecular complexity index is 643. The summed E-state index contributed by atoms with van der Waals surface area (Å²) in [6.45, 7) is 3.01. The SMILES string of the molecule is CN1C[C@H]2COC[C@@H]1CN(C(=O)c1ccc[nH]c1=O)C2.O=CO.O=CO. The molecule has 3 rings (SSSR count). The molecular formula is C16H23N3O7. The Labute approximate surface area is 150 Å². The number of H-pyrrole nitrogens is 1. The lowest BCUT2D eigenvalue weighted by Gasteiger charge is -2.29. The summed E-state index contributed by atoms with van der Waals surface area (Å²) in [6.07, 6.45) is 1.54. The number of ether oxygens (including phenoxy) is 1. The number of carbonyl (C=O) groups is 3. The standard InChI is InChI=1S/C14H19N3O3.2CH2O2/c1-16-5-10-6-17(7-11(16)9-20-8-10)14(19)12-3-2-4-15-13(12)18;2*2-1-3/h2-4,10-11H,5-9H2,1H3,(H,15,18);2*1H,(H,2,3)/t10-,11+;;/m1../s1. The number of carbonyl (C=O) groups excluding carboxylic acids is 1. The summed E-state index contributed by atoms with van der Waals surface area (Å²) in [5, 5.41) is 13.8. The minimum absolute atomic E-state index is 0.181. The van der Waals surface area contributed by atoms with E-state index < -0.39 is 0 Å². The summed E-state index contributed by atoms with van der Waals surface area (Å²) in [6, 6.07) is 3.47. The number of carboxylic acid groups (broad SMARTS) is 2. The highest BCUT2D eigenvalue weighted by Crippen LogP contribution is 2.19. The molecule has 1 amide bonds. The third kappa shape index (κ3) is 5.97. The van der Waals surface area contributed by atoms with Crippen LogP contribution < -0.4 is 5.56 Å². The smallest absolute Gasteiger partial charge is 0.290 e. The van der Waals surface area contributed by atoms with Crippen molar-refractivity contribution >= 4 is 18.9 Å². The zero-order valence-electron chi connectivity index (χ0n) is 14.4. The van der Waals surface area contributed by atoms with Gasteiger partial charge in [0, 0.05) is 31.7 Å². The summed E-state index contributed by atoms with van der Waals surface area (Å²) in [5.74, 6) is 0.123. The Morgan fingerprint density at radius 1 is 1.23 bits per heavy atom. The minimum Gasteiger partial charge on any atom is -0.483 e. The zero-order valence-corrected chi connectivity index (χ0v) is 14.4. The van der Waals surface area contributed by atoms with E-state index in [0.29, 0.717) is 32.2 Å². The molecular weight excluding hydrogens is 346 g/mol. The van der Waals surface area contributed by atoms with Gasteiger partial charge < -0.3 is 24.8 Å². The topological polar surface area (TPSA) is 140 Å². The quantitative estimate of drug-likeness (QED) is 0.545. The minimum atomic E-state index is -0.323. The number of amides is 1. The molecule has 2 saturated heterocycles. The van der Waals surface area contributed by atoms with Gasteiger partial charge in [0.15, 0.2) is 0 Å². The Balaban J connectivity index is 0.000000499. The van der Waals surface area contributed by atoms with Crippen molar-refractivity contribution in [2.24, 2.45) is 5.92 Å². The summed E-state index contributed by atoms with van der Waals surface area (Å²) >= 11 is 0. The van der Waals surface area contributed by atoms with Crippen LogP contribution in [0.5, 0.6) is 0 Å². The van der Waals surface area contributed by atoms with E-state index in [9.17, 15) is 9.59 Å². The van der Waals surface area contributed by atoms with Gasteiger partial charge in [0.1, 0.15) is 5.56 Å². The number of rotatable bonds is 1. The molecule has 26 heavy (non-hydrogen) atoms. The van der Waals surface area contributed by atoms with Crippen molar-refractivity contribution < 1.29 is 29.3 Å². The van der Waals surface area contributed by atoms with Gasteiger partial charge in [-0.3, -0.25) is 24.1 Å². The fourth-order valence-corrected chi connectivity index (χ4v) is 2.98. The van der Waals surface area contributed by atoms with Crippen LogP contribution in [-0.4, -0.2) is 89.8 Å². The number of fused-ring (bicyclic) bond motifs is 3. The Morgan fingerprint density at radius 3 is 2.50 bits per heavy atom. The summed E-state index contributed by atoms with van der Waals surface area (Å²) in [7, 11) is 2.07. The van der Waals surface area contributed by atoms with Crippen molar-refractivity contribution in [2.45, 2.75) is 6.04 Å². The van der Waals surface area contributed by atoms with Crippen LogP contribution in [0.3, 0.4) is 0 Å². The van der Waals surface area contributed by atoms with E-state index in [2.05, 4.69) is 16.9 Å². The largest absolute Gasteiger partial charge is 0.483 e. The fraction of sp³-hybridized carbons (Fsp3) is 0.500. The van der Waals surface area contributed by atoms with Gasteiger partial charge in [0.05, 0.1) is 19.3 Å². The average molecular weight is 369 g/mol. The fourth-order valence-electron chi connectivity index (χ4n) is 2.98. The molecule has 0 radical (unpaired) electrons. The first-order chi connectivity index (χ1) is 12.5. The van der Waals surface area contributed by atoms with Gasteiger partial charge in [-0.2, -0.15) is 0 Å². The Kier molecular flexibility index (Phi) is 9.02. The number of nitrogens with one attached hydrogen (secondary N) is 1. The highest BCUT2D eigenvalue weighted by atomic mass is 16.5. The van der Waals surface area contributed by atoms with Crippen molar-refractivity contribution in [1.29, 1.82) is 0 Å². The molecule has 0 unspecified atom stereocenters. The van der Waals surface area contributed by atoms with E-state index in [-0.39, 0.29) is 36.0 Å². The van der Waals surface area contributed by atoms with Gasteiger partial charge in [-0.25, -0.2) is 0 Å². The number of aromatic amines is 1. The molecule has 144 valence electrons. The van der Waals surface area contributed by atoms with Crippen LogP contribution in [0.2, 0.25) is 0 Å². The highest BCUT2D eigenvalue weighted by Gasteiger charge is 2.34. The zero-order chi connectivity index (χ0) is 19.5. The second-order valence-electron chi connectivity index (χ2n) is 5.83. The molecule has 2 fully saturated rings. The third-order valence-corrected chi connectivity index (χ3v) is 4.08. The van der Waals surface area contributed by atoms with Crippen molar-refractivity contribution in [3.8, 4) is 0 Å². The number of pyridine rings is 1. The van der Waals surface area contributed by atoms with Crippen molar-refractivity contribution in [1.82, 2.24) is 14.8 Å². The van der Waals surface area contributed by atoms with Crippen LogP contribution in [0.1, 0.15) is 10.4 Å². The van der Waals surface area contributed by atoms with Gasteiger partial charge >= 0.3 is 0 Å². The second-order valence-corrected chi connectivity index (χ2v) is 5.83.